The van der Waals surface area contributed by atoms with Crippen LogP contribution in [0.15, 0.2) is 71.7 Å². The minimum Gasteiger partial charge on any atom is -0.493 e. The van der Waals surface area contributed by atoms with Crippen LogP contribution in [0.25, 0.3) is 0 Å². The average Bonchev–Trinajstić information content (AvgIpc) is 3.66. The Bertz CT molecular complexity index is 2090. The number of aliphatic imine (C=N–C) groups is 1. The number of benzene rings is 4. The van der Waals surface area contributed by atoms with E-state index in [4.69, 9.17) is 23.9 Å². The molecule has 0 bridgehead atoms. The fourth-order valence-corrected chi connectivity index (χ4v) is 7.73. The number of carbonyl (C=O) groups excluding carboxylic acids is 2. The summed E-state index contributed by atoms with van der Waals surface area (Å²) in [5, 5.41) is 0. The minimum atomic E-state index is -0.119. The Kier molecular flexibility index (Phi) is 13.4. The zero-order valence-corrected chi connectivity index (χ0v) is 36.1. The molecule has 56 heavy (non-hydrogen) atoms. The standard InChI is InChI=1S/C38H34N3O5.C8H17O.Y/c1-23-16-29-24(12-13-27-17-25-8-3-5-10-32(25)40(27)37(29)42)19-34(23)45-14-7-15-46-36-21-31-30(20-35(36)44-2)38(43)41-28(22-39-31)18-26-9-4-6-11-33(26)41;1-5-6-9-7-8(2,3)4;/h3-4,6,8-11,16,19-22,27-28H,7,12-15,17-18H2,1-2H3;1,5-7H2,2-4H3;/q2*-1;/t27-,28+;;/m1../s1. The summed E-state index contributed by atoms with van der Waals surface area (Å²) in [4.78, 5) is 35.8. The number of carbonyl (C=O) groups is 2. The predicted molar refractivity (Wildman–Crippen MR) is 217 cm³/mol. The molecule has 291 valence electrons. The zero-order valence-electron chi connectivity index (χ0n) is 33.2. The largest absolute Gasteiger partial charge is 0.493 e. The van der Waals surface area contributed by atoms with Gasteiger partial charge in [0.1, 0.15) is 5.75 Å². The molecule has 0 aliphatic carbocycles. The first-order chi connectivity index (χ1) is 26.6. The van der Waals surface area contributed by atoms with Crippen LogP contribution >= 0.6 is 0 Å². The molecule has 2 amide bonds. The Balaban J connectivity index is 0.000000477. The van der Waals surface area contributed by atoms with Gasteiger partial charge in [0.15, 0.2) is 11.5 Å². The number of fused-ring (bicyclic) bond motifs is 8. The van der Waals surface area contributed by atoms with Gasteiger partial charge in [-0.15, -0.1) is 5.56 Å². The monoisotopic (exact) mass is 830 g/mol. The first-order valence-electron chi connectivity index (χ1n) is 19.3. The predicted octanol–water partition coefficient (Wildman–Crippen LogP) is 8.73. The Morgan fingerprint density at radius 3 is 2.38 bits per heavy atom. The molecule has 0 spiro atoms. The van der Waals surface area contributed by atoms with Crippen molar-refractivity contribution in [1.29, 1.82) is 0 Å². The molecule has 1 radical (unpaired) electrons. The van der Waals surface area contributed by atoms with E-state index in [-0.39, 0.29) is 56.6 Å². The van der Waals surface area contributed by atoms with Crippen LogP contribution in [0.3, 0.4) is 0 Å². The summed E-state index contributed by atoms with van der Waals surface area (Å²) in [6.07, 6.45) is 6.72. The van der Waals surface area contributed by atoms with Crippen LogP contribution in [0.4, 0.5) is 17.1 Å². The van der Waals surface area contributed by atoms with Crippen LogP contribution in [0.2, 0.25) is 0 Å². The number of aryl methyl sites for hydroxylation is 2. The summed E-state index contributed by atoms with van der Waals surface area (Å²) in [5.74, 6) is 1.78. The molecule has 4 aromatic carbocycles. The number of para-hydroxylation sites is 1. The van der Waals surface area contributed by atoms with E-state index in [1.54, 1.807) is 19.2 Å². The molecule has 9 nitrogen and oxygen atoms in total. The maximum Gasteiger partial charge on any atom is 0.261 e. The first-order valence-corrected chi connectivity index (χ1v) is 19.3. The quantitative estimate of drug-likeness (QED) is 0.117. The summed E-state index contributed by atoms with van der Waals surface area (Å²) in [5.41, 5.74) is 8.36. The van der Waals surface area contributed by atoms with E-state index in [2.05, 4.69) is 45.9 Å². The minimum absolute atomic E-state index is 0. The molecular weight excluding hydrogens is 779 g/mol. The number of nitrogens with zero attached hydrogens (tertiary/aromatic N) is 3. The van der Waals surface area contributed by atoms with Crippen molar-refractivity contribution in [2.24, 2.45) is 10.4 Å². The van der Waals surface area contributed by atoms with Gasteiger partial charge in [-0.1, -0.05) is 44.7 Å². The number of ether oxygens (including phenoxy) is 4. The summed E-state index contributed by atoms with van der Waals surface area (Å²) < 4.78 is 23.2. The summed E-state index contributed by atoms with van der Waals surface area (Å²) >= 11 is 0. The van der Waals surface area contributed by atoms with E-state index in [0.29, 0.717) is 47.8 Å². The van der Waals surface area contributed by atoms with Gasteiger partial charge < -0.3 is 30.8 Å². The van der Waals surface area contributed by atoms with Crippen LogP contribution in [0.5, 0.6) is 17.2 Å². The van der Waals surface area contributed by atoms with E-state index in [1.807, 2.05) is 65.4 Å². The normalized spacial score (nSPS) is 17.5. The number of methoxy groups -OCH3 is 1. The Hall–Kier alpha value is -4.05. The number of anilines is 2. The molecule has 4 aromatic rings. The summed E-state index contributed by atoms with van der Waals surface area (Å²) in [6.45, 7) is 14.6. The fourth-order valence-electron chi connectivity index (χ4n) is 7.73. The Labute approximate surface area is 356 Å². The van der Waals surface area contributed by atoms with Gasteiger partial charge in [-0.2, -0.15) is 30.7 Å². The second kappa shape index (κ2) is 18.0. The third-order valence-electron chi connectivity index (χ3n) is 10.4. The van der Waals surface area contributed by atoms with Gasteiger partial charge in [-0.05, 0) is 72.6 Å². The molecule has 0 unspecified atom stereocenters. The second-order valence-electron chi connectivity index (χ2n) is 15.8. The number of hydrogen-bond donors (Lipinski definition) is 0. The van der Waals surface area contributed by atoms with E-state index in [9.17, 15) is 9.59 Å². The van der Waals surface area contributed by atoms with Gasteiger partial charge in [0.05, 0.1) is 44.2 Å². The van der Waals surface area contributed by atoms with E-state index in [1.165, 1.54) is 5.56 Å². The average molecular weight is 831 g/mol. The van der Waals surface area contributed by atoms with Crippen LogP contribution < -0.4 is 24.0 Å². The van der Waals surface area contributed by atoms with Crippen molar-refractivity contribution in [3.05, 3.63) is 113 Å². The van der Waals surface area contributed by atoms with Crippen molar-refractivity contribution in [2.75, 3.05) is 43.3 Å². The first kappa shape index (κ1) is 41.6. The van der Waals surface area contributed by atoms with Crippen molar-refractivity contribution in [3.8, 4) is 17.2 Å². The smallest absolute Gasteiger partial charge is 0.261 e. The van der Waals surface area contributed by atoms with Crippen LogP contribution in [-0.4, -0.2) is 63.6 Å². The van der Waals surface area contributed by atoms with Crippen molar-refractivity contribution in [2.45, 2.75) is 78.3 Å². The van der Waals surface area contributed by atoms with Crippen LogP contribution in [-0.2, 0) is 56.7 Å². The third kappa shape index (κ3) is 8.90. The molecule has 0 saturated heterocycles. The second-order valence-corrected chi connectivity index (χ2v) is 15.8. The van der Waals surface area contributed by atoms with Crippen molar-refractivity contribution in [1.82, 2.24) is 0 Å². The van der Waals surface area contributed by atoms with E-state index < -0.39 is 0 Å². The maximum absolute atomic E-state index is 13.7. The molecule has 0 N–H and O–H groups in total. The van der Waals surface area contributed by atoms with Crippen LogP contribution in [0, 0.1) is 25.3 Å². The van der Waals surface area contributed by atoms with Gasteiger partial charge in [0, 0.05) is 81.7 Å². The molecule has 0 aromatic heterocycles. The van der Waals surface area contributed by atoms with E-state index in [0.717, 1.165) is 84.7 Å². The fraction of sp³-hybridized carbons (Fsp3) is 0.391. The van der Waals surface area contributed by atoms with Gasteiger partial charge in [0.25, 0.3) is 5.91 Å². The zero-order chi connectivity index (χ0) is 38.7. The summed E-state index contributed by atoms with van der Waals surface area (Å²) in [7, 11) is 1.57. The van der Waals surface area contributed by atoms with Gasteiger partial charge in [-0.3, -0.25) is 19.5 Å². The topological polar surface area (TPSA) is 89.9 Å². The van der Waals surface area contributed by atoms with Gasteiger partial charge >= 0.3 is 0 Å². The molecule has 8 rings (SSSR count). The maximum atomic E-state index is 13.7. The number of hydrogen-bond acceptors (Lipinski definition) is 7. The van der Waals surface area contributed by atoms with Crippen molar-refractivity contribution < 1.29 is 61.2 Å². The molecular formula is C46H51N3O6Y-2. The molecule has 4 aliphatic heterocycles. The third-order valence-corrected chi connectivity index (χ3v) is 10.4. The van der Waals surface area contributed by atoms with E-state index >= 15 is 0 Å². The van der Waals surface area contributed by atoms with Gasteiger partial charge in [0.2, 0.25) is 5.91 Å². The van der Waals surface area contributed by atoms with Gasteiger partial charge in [-0.25, -0.2) is 0 Å². The molecule has 10 heteroatoms. The Morgan fingerprint density at radius 1 is 0.857 bits per heavy atom. The van der Waals surface area contributed by atoms with Crippen LogP contribution in [0.1, 0.15) is 83.0 Å². The SMILES string of the molecule is COc1cc2c(cc1OCCCOc1cc3c(cc1C)C(=O)N1c4c[c-]ccc4C[C@H]1CC3)N=C[C@@H]1Cc3ccccc3N1C2=O.[CH2-]CCOCC(C)(C)C.[Y]. The Morgan fingerprint density at radius 2 is 1.61 bits per heavy atom. The molecule has 2 atom stereocenters. The number of amides is 2. The molecule has 0 fully saturated rings. The number of rotatable bonds is 10. The van der Waals surface area contributed by atoms with Crippen molar-refractivity contribution >= 4 is 35.1 Å². The summed E-state index contributed by atoms with van der Waals surface area (Å²) in [6, 6.07) is 24.6. The molecule has 4 heterocycles. The molecule has 0 saturated carbocycles. The van der Waals surface area contributed by atoms with Crippen molar-refractivity contribution in [3.63, 3.8) is 0 Å². The molecule has 4 aliphatic rings.